The number of amides is 1. The molecule has 1 heterocycles. The standard InChI is InChI=1S/C28H38FN2O2/c1-31(2,20-17-22-9-8-14-25(29)21-22)26-15-18-30(19-16-26)27(32)28(33,24-12-6-7-13-24)23-10-4-3-5-11-23/h3-5,8-11,14,21,24,26,33H,6-7,12-13,15-20H2,1-2H3/q+1/t28-/m0/s1. The summed E-state index contributed by atoms with van der Waals surface area (Å²) in [5, 5.41) is 11.8. The topological polar surface area (TPSA) is 40.5 Å². The Morgan fingerprint density at radius 3 is 2.33 bits per heavy atom. The van der Waals surface area contributed by atoms with Crippen LogP contribution in [0, 0.1) is 11.7 Å². The zero-order valence-corrected chi connectivity index (χ0v) is 20.0. The highest BCUT2D eigenvalue weighted by Crippen LogP contribution is 2.42. The van der Waals surface area contributed by atoms with Crippen molar-refractivity contribution in [1.82, 2.24) is 4.90 Å². The minimum atomic E-state index is -1.42. The molecule has 0 bridgehead atoms. The van der Waals surface area contributed by atoms with Gasteiger partial charge in [-0.1, -0.05) is 55.3 Å². The van der Waals surface area contributed by atoms with Crippen LogP contribution in [0.1, 0.15) is 49.7 Å². The number of carbonyl (C=O) groups excluding carboxylic acids is 1. The van der Waals surface area contributed by atoms with Gasteiger partial charge < -0.3 is 14.5 Å². The predicted molar refractivity (Wildman–Crippen MR) is 129 cm³/mol. The summed E-state index contributed by atoms with van der Waals surface area (Å²) in [6.07, 6.45) is 6.61. The number of quaternary nitrogens is 1. The summed E-state index contributed by atoms with van der Waals surface area (Å²) in [6.45, 7) is 2.28. The molecule has 2 aromatic rings. The molecule has 1 aliphatic carbocycles. The minimum Gasteiger partial charge on any atom is -0.375 e. The number of benzene rings is 2. The fourth-order valence-electron chi connectivity index (χ4n) is 5.87. The lowest BCUT2D eigenvalue weighted by Crippen LogP contribution is -2.58. The molecule has 0 unspecified atom stereocenters. The van der Waals surface area contributed by atoms with Gasteiger partial charge in [0.1, 0.15) is 5.82 Å². The molecule has 33 heavy (non-hydrogen) atoms. The molecule has 1 saturated carbocycles. The molecule has 0 radical (unpaired) electrons. The first-order valence-corrected chi connectivity index (χ1v) is 12.4. The Bertz CT molecular complexity index is 934. The van der Waals surface area contributed by atoms with Crippen LogP contribution in [-0.2, 0) is 16.8 Å². The van der Waals surface area contributed by atoms with Crippen molar-refractivity contribution in [3.05, 3.63) is 71.5 Å². The van der Waals surface area contributed by atoms with Crippen molar-refractivity contribution < 1.29 is 18.8 Å². The number of aliphatic hydroxyl groups is 1. The fraction of sp³-hybridized carbons (Fsp3) is 0.536. The van der Waals surface area contributed by atoms with Crippen molar-refractivity contribution in [3.63, 3.8) is 0 Å². The molecule has 4 rings (SSSR count). The molecule has 1 N–H and O–H groups in total. The summed E-state index contributed by atoms with van der Waals surface area (Å²) in [4.78, 5) is 15.6. The molecule has 1 atom stereocenters. The van der Waals surface area contributed by atoms with Crippen LogP contribution in [0.15, 0.2) is 54.6 Å². The maximum atomic E-state index is 13.7. The smallest absolute Gasteiger partial charge is 0.259 e. The molecule has 0 aromatic heterocycles. The third kappa shape index (κ3) is 5.15. The Balaban J connectivity index is 1.41. The van der Waals surface area contributed by atoms with Crippen LogP contribution in [0.5, 0.6) is 0 Å². The van der Waals surface area contributed by atoms with Crippen molar-refractivity contribution >= 4 is 5.91 Å². The summed E-state index contributed by atoms with van der Waals surface area (Å²) in [5.74, 6) is -0.314. The first-order valence-electron chi connectivity index (χ1n) is 12.4. The molecule has 1 saturated heterocycles. The maximum absolute atomic E-state index is 13.7. The largest absolute Gasteiger partial charge is 0.375 e. The maximum Gasteiger partial charge on any atom is 0.259 e. The van der Waals surface area contributed by atoms with Gasteiger partial charge in [-0.25, -0.2) is 4.39 Å². The monoisotopic (exact) mass is 453 g/mol. The Labute approximate surface area is 197 Å². The van der Waals surface area contributed by atoms with Gasteiger partial charge in [0, 0.05) is 38.3 Å². The molecule has 178 valence electrons. The van der Waals surface area contributed by atoms with Crippen LogP contribution in [0.4, 0.5) is 4.39 Å². The van der Waals surface area contributed by atoms with Gasteiger partial charge in [-0.15, -0.1) is 0 Å². The normalized spacial score (nSPS) is 20.1. The second-order valence-electron chi connectivity index (χ2n) is 10.5. The van der Waals surface area contributed by atoms with Crippen molar-refractivity contribution in [2.75, 3.05) is 33.7 Å². The average Bonchev–Trinajstić information content (AvgIpc) is 3.38. The zero-order valence-electron chi connectivity index (χ0n) is 20.0. The van der Waals surface area contributed by atoms with Crippen molar-refractivity contribution in [3.8, 4) is 0 Å². The van der Waals surface area contributed by atoms with Crippen LogP contribution in [0.3, 0.4) is 0 Å². The highest BCUT2D eigenvalue weighted by molar-refractivity contribution is 5.87. The van der Waals surface area contributed by atoms with E-state index in [0.717, 1.165) is 67.1 Å². The van der Waals surface area contributed by atoms with Gasteiger partial charge in [-0.3, -0.25) is 4.79 Å². The molecule has 0 spiro atoms. The van der Waals surface area contributed by atoms with Gasteiger partial charge in [0.25, 0.3) is 5.91 Å². The number of piperidine rings is 1. The van der Waals surface area contributed by atoms with Gasteiger partial charge in [0.2, 0.25) is 0 Å². The Hall–Kier alpha value is -2.24. The van der Waals surface area contributed by atoms with E-state index in [1.165, 1.54) is 6.07 Å². The molecular weight excluding hydrogens is 415 g/mol. The third-order valence-electron chi connectivity index (χ3n) is 8.09. The van der Waals surface area contributed by atoms with Crippen LogP contribution >= 0.6 is 0 Å². The summed E-state index contributed by atoms with van der Waals surface area (Å²) >= 11 is 0. The van der Waals surface area contributed by atoms with E-state index in [1.807, 2.05) is 41.3 Å². The van der Waals surface area contributed by atoms with Gasteiger partial charge in [-0.2, -0.15) is 0 Å². The second kappa shape index (κ2) is 9.94. The first-order chi connectivity index (χ1) is 15.8. The summed E-state index contributed by atoms with van der Waals surface area (Å²) in [5.41, 5.74) is 0.334. The average molecular weight is 454 g/mol. The molecule has 4 nitrogen and oxygen atoms in total. The van der Waals surface area contributed by atoms with Crippen LogP contribution < -0.4 is 0 Å². The molecule has 1 aliphatic heterocycles. The number of likely N-dealkylation sites (N-methyl/N-ethyl adjacent to an activating group) is 1. The predicted octanol–water partition coefficient (Wildman–Crippen LogP) is 4.51. The van der Waals surface area contributed by atoms with E-state index >= 15 is 0 Å². The van der Waals surface area contributed by atoms with E-state index in [4.69, 9.17) is 0 Å². The van der Waals surface area contributed by atoms with Crippen LogP contribution in [-0.4, -0.2) is 60.2 Å². The number of hydrogen-bond donors (Lipinski definition) is 1. The number of hydrogen-bond acceptors (Lipinski definition) is 2. The molecule has 5 heteroatoms. The van der Waals surface area contributed by atoms with Crippen LogP contribution in [0.25, 0.3) is 0 Å². The SMILES string of the molecule is C[N+](C)(CCc1cccc(F)c1)C1CCN(C(=O)[C@](O)(c2ccccc2)C2CCCC2)CC1. The van der Waals surface area contributed by atoms with E-state index in [9.17, 15) is 14.3 Å². The lowest BCUT2D eigenvalue weighted by atomic mass is 9.78. The lowest BCUT2D eigenvalue weighted by Gasteiger charge is -2.45. The Morgan fingerprint density at radius 1 is 1.03 bits per heavy atom. The highest BCUT2D eigenvalue weighted by atomic mass is 19.1. The fourth-order valence-corrected chi connectivity index (χ4v) is 5.87. The zero-order chi connectivity index (χ0) is 23.5. The Kier molecular flexibility index (Phi) is 7.20. The van der Waals surface area contributed by atoms with Gasteiger partial charge in [-0.05, 0) is 36.1 Å². The number of carbonyl (C=O) groups is 1. The molecule has 2 aliphatic rings. The molecular formula is C28H38FN2O2+. The van der Waals surface area contributed by atoms with Crippen LogP contribution in [0.2, 0.25) is 0 Å². The summed E-state index contributed by atoms with van der Waals surface area (Å²) < 4.78 is 14.4. The van der Waals surface area contributed by atoms with Crippen molar-refractivity contribution in [2.45, 2.75) is 56.6 Å². The van der Waals surface area contributed by atoms with E-state index in [-0.39, 0.29) is 17.6 Å². The number of likely N-dealkylation sites (tertiary alicyclic amines) is 1. The molecule has 1 amide bonds. The number of halogens is 1. The van der Waals surface area contributed by atoms with Crippen molar-refractivity contribution in [1.29, 1.82) is 0 Å². The Morgan fingerprint density at radius 2 is 1.70 bits per heavy atom. The van der Waals surface area contributed by atoms with Gasteiger partial charge in [0.15, 0.2) is 5.60 Å². The molecule has 2 fully saturated rings. The van der Waals surface area contributed by atoms with E-state index in [1.54, 1.807) is 12.1 Å². The molecule has 2 aromatic carbocycles. The minimum absolute atomic E-state index is 0.0105. The van der Waals surface area contributed by atoms with E-state index < -0.39 is 5.60 Å². The lowest BCUT2D eigenvalue weighted by molar-refractivity contribution is -0.916. The van der Waals surface area contributed by atoms with E-state index in [2.05, 4.69) is 14.1 Å². The first kappa shape index (κ1) is 23.9. The summed E-state index contributed by atoms with van der Waals surface area (Å²) in [7, 11) is 4.47. The van der Waals surface area contributed by atoms with E-state index in [0.29, 0.717) is 19.1 Å². The highest BCUT2D eigenvalue weighted by Gasteiger charge is 2.49. The number of nitrogens with zero attached hydrogens (tertiary/aromatic N) is 2. The van der Waals surface area contributed by atoms with Crippen molar-refractivity contribution in [2.24, 2.45) is 5.92 Å². The summed E-state index contributed by atoms with van der Waals surface area (Å²) in [6, 6.07) is 16.8. The second-order valence-corrected chi connectivity index (χ2v) is 10.5. The quantitative estimate of drug-likeness (QED) is 0.627. The third-order valence-corrected chi connectivity index (χ3v) is 8.09. The number of rotatable bonds is 7. The van der Waals surface area contributed by atoms with Gasteiger partial charge >= 0.3 is 0 Å². The van der Waals surface area contributed by atoms with Gasteiger partial charge in [0.05, 0.1) is 26.7 Å².